The average molecular weight is 385 g/mol. The van der Waals surface area contributed by atoms with Crippen molar-refractivity contribution in [3.63, 3.8) is 0 Å². The van der Waals surface area contributed by atoms with E-state index >= 15 is 0 Å². The third-order valence-electron chi connectivity index (χ3n) is 6.04. The fraction of sp³-hybridized carbons (Fsp3) is 0.381. The van der Waals surface area contributed by atoms with Gasteiger partial charge in [-0.3, -0.25) is 0 Å². The van der Waals surface area contributed by atoms with Crippen LogP contribution < -0.4 is 4.83 Å². The molecule has 2 bridgehead atoms. The van der Waals surface area contributed by atoms with Crippen LogP contribution in [0.5, 0.6) is 0 Å². The summed E-state index contributed by atoms with van der Waals surface area (Å²) in [6.45, 7) is 1.91. The third kappa shape index (κ3) is 3.28. The molecule has 2 aromatic rings. The highest BCUT2D eigenvalue weighted by atomic mass is 32.2. The van der Waals surface area contributed by atoms with Crippen LogP contribution in [-0.2, 0) is 15.4 Å². The Morgan fingerprint density at radius 2 is 1.59 bits per heavy atom. The van der Waals surface area contributed by atoms with Gasteiger partial charge in [-0.2, -0.15) is 13.5 Å². The van der Waals surface area contributed by atoms with Crippen LogP contribution in [-0.4, -0.2) is 24.8 Å². The smallest absolute Gasteiger partial charge is 0.276 e. The predicted molar refractivity (Wildman–Crippen MR) is 105 cm³/mol. The van der Waals surface area contributed by atoms with E-state index in [1.807, 2.05) is 25.1 Å². The zero-order valence-electron chi connectivity index (χ0n) is 15.4. The van der Waals surface area contributed by atoms with Crippen molar-refractivity contribution in [2.24, 2.45) is 5.10 Å². The maximum atomic E-state index is 12.6. The van der Waals surface area contributed by atoms with Crippen molar-refractivity contribution in [2.45, 2.75) is 54.9 Å². The van der Waals surface area contributed by atoms with Gasteiger partial charge in [-0.15, -0.1) is 0 Å². The van der Waals surface area contributed by atoms with Gasteiger partial charge in [0.15, 0.2) is 0 Å². The Balaban J connectivity index is 1.69. The summed E-state index contributed by atoms with van der Waals surface area (Å²) in [5.41, 5.74) is 1.78. The Bertz CT molecular complexity index is 958. The molecule has 0 atom stereocenters. The normalized spacial score (nSPS) is 29.0. The van der Waals surface area contributed by atoms with E-state index in [0.717, 1.165) is 29.7 Å². The van der Waals surface area contributed by atoms with Crippen molar-refractivity contribution in [1.82, 2.24) is 4.83 Å². The zero-order valence-corrected chi connectivity index (χ0v) is 16.2. The highest BCUT2D eigenvalue weighted by molar-refractivity contribution is 7.89. The maximum absolute atomic E-state index is 12.6. The molecule has 2 aromatic carbocycles. The molecule has 0 heterocycles. The Morgan fingerprint density at radius 3 is 2.22 bits per heavy atom. The first-order valence-electron chi connectivity index (χ1n) is 9.27. The first kappa shape index (κ1) is 18.2. The predicted octanol–water partition coefficient (Wildman–Crippen LogP) is 3.28. The molecular formula is C21H24N2O3S. The molecule has 0 amide bonds. The lowest BCUT2D eigenvalue weighted by molar-refractivity contribution is -0.0190. The molecule has 3 saturated carbocycles. The van der Waals surface area contributed by atoms with E-state index in [4.69, 9.17) is 0 Å². The Kier molecular flexibility index (Phi) is 4.35. The summed E-state index contributed by atoms with van der Waals surface area (Å²) in [5.74, 6) is 0. The molecule has 0 radical (unpaired) electrons. The van der Waals surface area contributed by atoms with Gasteiger partial charge in [0, 0.05) is 11.8 Å². The summed E-state index contributed by atoms with van der Waals surface area (Å²) >= 11 is 0. The average Bonchev–Trinajstić information content (AvgIpc) is 2.68. The molecule has 2 N–H and O–H groups in total. The molecule has 3 aliphatic rings. The van der Waals surface area contributed by atoms with E-state index < -0.39 is 15.6 Å². The van der Waals surface area contributed by atoms with E-state index in [9.17, 15) is 13.5 Å². The van der Waals surface area contributed by atoms with Crippen LogP contribution in [0.15, 0.2) is 64.6 Å². The van der Waals surface area contributed by atoms with Gasteiger partial charge in [-0.1, -0.05) is 48.0 Å². The zero-order chi connectivity index (χ0) is 19.1. The first-order chi connectivity index (χ1) is 12.8. The van der Waals surface area contributed by atoms with Gasteiger partial charge in [-0.05, 0) is 50.3 Å². The van der Waals surface area contributed by atoms with Crippen molar-refractivity contribution < 1.29 is 13.5 Å². The Morgan fingerprint density at radius 1 is 0.963 bits per heavy atom. The van der Waals surface area contributed by atoms with Crippen molar-refractivity contribution in [2.75, 3.05) is 0 Å². The van der Waals surface area contributed by atoms with E-state index in [1.165, 1.54) is 0 Å². The molecule has 3 aliphatic carbocycles. The lowest BCUT2D eigenvalue weighted by Crippen LogP contribution is -2.55. The summed E-state index contributed by atoms with van der Waals surface area (Å²) in [5, 5.41) is 15.1. The summed E-state index contributed by atoms with van der Waals surface area (Å²) in [4.78, 5) is 2.60. The molecule has 27 heavy (non-hydrogen) atoms. The van der Waals surface area contributed by atoms with Crippen molar-refractivity contribution in [3.8, 4) is 0 Å². The van der Waals surface area contributed by atoms with Gasteiger partial charge in [0.05, 0.1) is 16.2 Å². The van der Waals surface area contributed by atoms with Crippen LogP contribution in [0.3, 0.4) is 0 Å². The van der Waals surface area contributed by atoms with E-state index in [0.29, 0.717) is 19.3 Å². The minimum Gasteiger partial charge on any atom is -0.389 e. The number of aryl methyl sites for hydroxylation is 1. The SMILES string of the molecule is Cc1ccc(S(=O)(=O)N/N=C2\CC3(O)CCC2(c2ccccc2)CC3)cc1. The van der Waals surface area contributed by atoms with Gasteiger partial charge < -0.3 is 5.11 Å². The Hall–Kier alpha value is -2.18. The molecule has 3 fully saturated rings. The largest absolute Gasteiger partial charge is 0.389 e. The van der Waals surface area contributed by atoms with Crippen LogP contribution in [0, 0.1) is 6.92 Å². The number of fused-ring (bicyclic) bond motifs is 3. The highest BCUT2D eigenvalue weighted by Gasteiger charge is 2.53. The van der Waals surface area contributed by atoms with E-state index in [-0.39, 0.29) is 10.3 Å². The van der Waals surface area contributed by atoms with Gasteiger partial charge in [0.25, 0.3) is 10.0 Å². The van der Waals surface area contributed by atoms with Crippen LogP contribution >= 0.6 is 0 Å². The minimum atomic E-state index is -3.74. The molecule has 5 rings (SSSR count). The number of hydrogen-bond acceptors (Lipinski definition) is 4. The fourth-order valence-corrected chi connectivity index (χ4v) is 5.16. The topological polar surface area (TPSA) is 78.8 Å². The molecular weight excluding hydrogens is 360 g/mol. The number of hydrazone groups is 1. The number of benzene rings is 2. The Labute approximate surface area is 160 Å². The number of aliphatic hydroxyl groups is 1. The standard InChI is InChI=1S/C21H24N2O3S/c1-16-7-9-18(10-8-16)27(25,26)23-22-19-15-20(24)11-13-21(19,14-12-20)17-5-3-2-4-6-17/h2-10,23-24H,11-15H2,1H3/b22-19+. The van der Waals surface area contributed by atoms with Gasteiger partial charge in [0.2, 0.25) is 0 Å². The molecule has 0 saturated heterocycles. The van der Waals surface area contributed by atoms with Gasteiger partial charge in [0.1, 0.15) is 0 Å². The number of nitrogens with one attached hydrogen (secondary N) is 1. The van der Waals surface area contributed by atoms with Gasteiger partial charge in [-0.25, -0.2) is 4.83 Å². The molecule has 0 aliphatic heterocycles. The number of sulfonamides is 1. The van der Waals surface area contributed by atoms with Crippen LogP contribution in [0.2, 0.25) is 0 Å². The lowest BCUT2D eigenvalue weighted by Gasteiger charge is -2.51. The summed E-state index contributed by atoms with van der Waals surface area (Å²) in [6.07, 6.45) is 3.38. The molecule has 142 valence electrons. The second kappa shape index (κ2) is 6.46. The highest BCUT2D eigenvalue weighted by Crippen LogP contribution is 2.51. The summed E-state index contributed by atoms with van der Waals surface area (Å²) in [6, 6.07) is 16.8. The van der Waals surface area contributed by atoms with Crippen molar-refractivity contribution >= 4 is 15.7 Å². The molecule has 0 spiro atoms. The second-order valence-corrected chi connectivity index (χ2v) is 9.48. The summed E-state index contributed by atoms with van der Waals surface area (Å²) in [7, 11) is -3.74. The maximum Gasteiger partial charge on any atom is 0.276 e. The lowest BCUT2D eigenvalue weighted by atomic mass is 9.55. The van der Waals surface area contributed by atoms with Crippen LogP contribution in [0.25, 0.3) is 0 Å². The minimum absolute atomic E-state index is 0.186. The fourth-order valence-electron chi connectivity index (χ4n) is 4.33. The number of nitrogens with zero attached hydrogens (tertiary/aromatic N) is 1. The van der Waals surface area contributed by atoms with Crippen molar-refractivity contribution in [1.29, 1.82) is 0 Å². The second-order valence-electron chi connectivity index (χ2n) is 7.82. The molecule has 0 aromatic heterocycles. The van der Waals surface area contributed by atoms with Gasteiger partial charge >= 0.3 is 0 Å². The van der Waals surface area contributed by atoms with E-state index in [1.54, 1.807) is 24.3 Å². The van der Waals surface area contributed by atoms with E-state index in [2.05, 4.69) is 22.1 Å². The monoisotopic (exact) mass is 384 g/mol. The van der Waals surface area contributed by atoms with Crippen LogP contribution in [0.4, 0.5) is 0 Å². The summed E-state index contributed by atoms with van der Waals surface area (Å²) < 4.78 is 25.3. The molecule has 0 unspecified atom stereocenters. The molecule has 6 heteroatoms. The quantitative estimate of drug-likeness (QED) is 0.794. The van der Waals surface area contributed by atoms with Crippen LogP contribution in [0.1, 0.15) is 43.2 Å². The first-order valence-corrected chi connectivity index (χ1v) is 10.7. The van der Waals surface area contributed by atoms with Crippen molar-refractivity contribution in [3.05, 3.63) is 65.7 Å². The molecule has 5 nitrogen and oxygen atoms in total. The number of hydrogen-bond donors (Lipinski definition) is 2. The number of rotatable bonds is 4. The third-order valence-corrected chi connectivity index (χ3v) is 7.27.